The second kappa shape index (κ2) is 8.74. The van der Waals surface area contributed by atoms with E-state index in [1.54, 1.807) is 19.5 Å². The van der Waals surface area contributed by atoms with E-state index in [0.29, 0.717) is 23.5 Å². The molecule has 198 valence electrons. The van der Waals surface area contributed by atoms with E-state index in [4.69, 9.17) is 15.2 Å². The summed E-state index contributed by atoms with van der Waals surface area (Å²) in [5, 5.41) is 7.31. The minimum absolute atomic E-state index is 0.133. The molecule has 10 nitrogen and oxygen atoms in total. The summed E-state index contributed by atoms with van der Waals surface area (Å²) in [4.78, 5) is 22.3. The average Bonchev–Trinajstić information content (AvgIpc) is 3.31. The molecule has 7 rings (SSSR count). The Kier molecular flexibility index (Phi) is 5.27. The molecule has 1 amide bonds. The van der Waals surface area contributed by atoms with Gasteiger partial charge in [-0.15, -0.1) is 5.10 Å². The van der Waals surface area contributed by atoms with Crippen LogP contribution >= 0.6 is 0 Å². The first-order valence-electron chi connectivity index (χ1n) is 12.9. The normalized spacial score (nSPS) is 16.9. The van der Waals surface area contributed by atoms with Crippen LogP contribution in [0.3, 0.4) is 0 Å². The van der Waals surface area contributed by atoms with Crippen molar-refractivity contribution in [2.75, 3.05) is 56.3 Å². The number of carbonyl (C=O) groups is 1. The van der Waals surface area contributed by atoms with Crippen LogP contribution in [-0.4, -0.2) is 65.9 Å². The van der Waals surface area contributed by atoms with Crippen molar-refractivity contribution >= 4 is 23.1 Å². The summed E-state index contributed by atoms with van der Waals surface area (Å²) in [6.45, 7) is 4.92. The molecule has 3 N–H and O–H groups in total. The van der Waals surface area contributed by atoms with Gasteiger partial charge in [0.15, 0.2) is 11.6 Å². The number of hydrogen-bond acceptors (Lipinski definition) is 8. The monoisotopic (exact) mass is 523 g/mol. The van der Waals surface area contributed by atoms with Crippen LogP contribution in [0.5, 0.6) is 11.5 Å². The SMILES string of the molecule is COc1ccc2c(c1)OCc1cnc(-n3cc(C(=O)Nc4ccc(N5CC6(CN(C)C6)C5)cc4)c(N)n3)cc1-2. The van der Waals surface area contributed by atoms with Crippen LogP contribution in [0.4, 0.5) is 17.2 Å². The van der Waals surface area contributed by atoms with Gasteiger partial charge >= 0.3 is 0 Å². The molecule has 2 aromatic carbocycles. The molecule has 2 aromatic heterocycles. The van der Waals surface area contributed by atoms with Crippen LogP contribution < -0.4 is 25.4 Å². The van der Waals surface area contributed by atoms with E-state index >= 15 is 0 Å². The first kappa shape index (κ1) is 23.5. The summed E-state index contributed by atoms with van der Waals surface area (Å²) in [6.07, 6.45) is 3.37. The van der Waals surface area contributed by atoms with Gasteiger partial charge in [-0.1, -0.05) is 0 Å². The second-order valence-corrected chi connectivity index (χ2v) is 10.8. The maximum absolute atomic E-state index is 13.1. The van der Waals surface area contributed by atoms with Crippen molar-refractivity contribution in [2.24, 2.45) is 5.41 Å². The molecule has 0 aliphatic carbocycles. The van der Waals surface area contributed by atoms with Gasteiger partial charge in [0.05, 0.1) is 7.11 Å². The molecule has 4 aromatic rings. The first-order chi connectivity index (χ1) is 18.9. The van der Waals surface area contributed by atoms with Crippen molar-refractivity contribution in [1.82, 2.24) is 19.7 Å². The summed E-state index contributed by atoms with van der Waals surface area (Å²) in [5.74, 6) is 1.84. The lowest BCUT2D eigenvalue weighted by atomic mass is 9.73. The molecule has 0 bridgehead atoms. The maximum atomic E-state index is 13.1. The largest absolute Gasteiger partial charge is 0.497 e. The Morgan fingerprint density at radius 1 is 1.08 bits per heavy atom. The minimum Gasteiger partial charge on any atom is -0.497 e. The van der Waals surface area contributed by atoms with Crippen molar-refractivity contribution in [3.8, 4) is 28.4 Å². The van der Waals surface area contributed by atoms with E-state index in [0.717, 1.165) is 41.3 Å². The summed E-state index contributed by atoms with van der Waals surface area (Å²) in [7, 11) is 3.79. The number of pyridine rings is 1. The fourth-order valence-corrected chi connectivity index (χ4v) is 5.97. The molecule has 2 fully saturated rings. The molecular weight excluding hydrogens is 494 g/mol. The maximum Gasteiger partial charge on any atom is 0.261 e. The summed E-state index contributed by atoms with van der Waals surface area (Å²) < 4.78 is 12.7. The minimum atomic E-state index is -0.323. The van der Waals surface area contributed by atoms with Crippen molar-refractivity contribution in [1.29, 1.82) is 0 Å². The van der Waals surface area contributed by atoms with Crippen molar-refractivity contribution < 1.29 is 14.3 Å². The Bertz CT molecular complexity index is 1580. The van der Waals surface area contributed by atoms with Crippen LogP contribution in [0, 0.1) is 5.41 Å². The molecule has 0 radical (unpaired) electrons. The number of carbonyl (C=O) groups excluding carboxylic acids is 1. The zero-order valence-electron chi connectivity index (χ0n) is 21.8. The number of amides is 1. The number of nitrogen functional groups attached to an aromatic ring is 1. The van der Waals surface area contributed by atoms with Gasteiger partial charge in [-0.3, -0.25) is 4.79 Å². The van der Waals surface area contributed by atoms with Crippen molar-refractivity contribution in [2.45, 2.75) is 6.61 Å². The van der Waals surface area contributed by atoms with Gasteiger partial charge < -0.3 is 30.3 Å². The number of ether oxygens (including phenoxy) is 2. The number of methoxy groups -OCH3 is 1. The fraction of sp³-hybridized carbons (Fsp3) is 0.276. The molecule has 1 spiro atoms. The number of likely N-dealkylation sites (tertiary alicyclic amines) is 1. The number of nitrogens with zero attached hydrogens (tertiary/aromatic N) is 5. The number of rotatable bonds is 5. The van der Waals surface area contributed by atoms with Crippen LogP contribution in [-0.2, 0) is 6.61 Å². The number of nitrogens with two attached hydrogens (primary N) is 1. The van der Waals surface area contributed by atoms with E-state index in [-0.39, 0.29) is 17.3 Å². The molecule has 39 heavy (non-hydrogen) atoms. The molecule has 0 unspecified atom stereocenters. The fourth-order valence-electron chi connectivity index (χ4n) is 5.97. The zero-order chi connectivity index (χ0) is 26.7. The molecule has 5 heterocycles. The predicted molar refractivity (Wildman–Crippen MR) is 149 cm³/mol. The van der Waals surface area contributed by atoms with Gasteiger partial charge in [-0.2, -0.15) is 0 Å². The lowest BCUT2D eigenvalue weighted by Gasteiger charge is -2.60. The molecule has 2 saturated heterocycles. The number of aromatic nitrogens is 3. The van der Waals surface area contributed by atoms with Crippen LogP contribution in [0.15, 0.2) is 60.9 Å². The van der Waals surface area contributed by atoms with Gasteiger partial charge in [0.25, 0.3) is 5.91 Å². The third-order valence-corrected chi connectivity index (χ3v) is 7.81. The van der Waals surface area contributed by atoms with Gasteiger partial charge in [-0.25, -0.2) is 9.67 Å². The third-order valence-electron chi connectivity index (χ3n) is 7.81. The quantitative estimate of drug-likeness (QED) is 0.410. The number of fused-ring (bicyclic) bond motifs is 3. The topological polar surface area (TPSA) is 111 Å². The highest BCUT2D eigenvalue weighted by Crippen LogP contribution is 2.42. The van der Waals surface area contributed by atoms with E-state index < -0.39 is 0 Å². The molecule has 3 aliphatic heterocycles. The van der Waals surface area contributed by atoms with Crippen LogP contribution in [0.1, 0.15) is 15.9 Å². The Morgan fingerprint density at radius 2 is 1.87 bits per heavy atom. The van der Waals surface area contributed by atoms with Gasteiger partial charge in [0, 0.05) is 72.6 Å². The van der Waals surface area contributed by atoms with Crippen molar-refractivity contribution in [3.05, 3.63) is 72.1 Å². The van der Waals surface area contributed by atoms with E-state index in [1.165, 1.54) is 23.5 Å². The van der Waals surface area contributed by atoms with Crippen LogP contribution in [0.2, 0.25) is 0 Å². The highest BCUT2D eigenvalue weighted by atomic mass is 16.5. The van der Waals surface area contributed by atoms with Crippen LogP contribution in [0.25, 0.3) is 16.9 Å². The molecule has 0 saturated carbocycles. The lowest BCUT2D eigenvalue weighted by molar-refractivity contribution is -0.00238. The summed E-state index contributed by atoms with van der Waals surface area (Å²) in [5.41, 5.74) is 11.7. The van der Waals surface area contributed by atoms with E-state index in [1.807, 2.05) is 48.5 Å². The third kappa shape index (κ3) is 4.04. The molecule has 10 heteroatoms. The highest BCUT2D eigenvalue weighted by molar-refractivity contribution is 6.07. The Hall–Kier alpha value is -4.57. The Labute approximate surface area is 225 Å². The average molecular weight is 524 g/mol. The molecule has 3 aliphatic rings. The van der Waals surface area contributed by atoms with Crippen molar-refractivity contribution in [3.63, 3.8) is 0 Å². The number of benzene rings is 2. The smallest absolute Gasteiger partial charge is 0.261 e. The molecular formula is C29H29N7O3. The standard InChI is InChI=1S/C29H29N7O3/c1-34-14-29(15-34)16-35(17-29)20-5-3-19(4-6-20)32-28(37)24-12-36(33-27(24)30)26-10-23-18(11-31-26)13-39-25-9-21(38-2)7-8-22(23)25/h3-12H,13-17H2,1-2H3,(H2,30,33)(H,32,37). The summed E-state index contributed by atoms with van der Waals surface area (Å²) in [6, 6.07) is 15.6. The number of hydrogen-bond donors (Lipinski definition) is 2. The second-order valence-electron chi connectivity index (χ2n) is 10.8. The predicted octanol–water partition coefficient (Wildman–Crippen LogP) is 3.42. The summed E-state index contributed by atoms with van der Waals surface area (Å²) >= 11 is 0. The number of anilines is 3. The first-order valence-corrected chi connectivity index (χ1v) is 12.9. The Morgan fingerprint density at radius 3 is 2.62 bits per heavy atom. The lowest BCUT2D eigenvalue weighted by Crippen LogP contribution is -2.71. The highest BCUT2D eigenvalue weighted by Gasteiger charge is 2.50. The van der Waals surface area contributed by atoms with Gasteiger partial charge in [-0.05, 0) is 55.1 Å². The van der Waals surface area contributed by atoms with Gasteiger partial charge in [0.1, 0.15) is 23.7 Å². The van der Waals surface area contributed by atoms with E-state index in [2.05, 4.69) is 32.2 Å². The Balaban J connectivity index is 1.07. The van der Waals surface area contributed by atoms with Gasteiger partial charge in [0.2, 0.25) is 0 Å². The number of nitrogens with one attached hydrogen (secondary N) is 1. The molecule has 0 atom stereocenters. The zero-order valence-corrected chi connectivity index (χ0v) is 21.8. The van der Waals surface area contributed by atoms with E-state index in [9.17, 15) is 4.79 Å².